The van der Waals surface area contributed by atoms with Gasteiger partial charge < -0.3 is 0 Å². The van der Waals surface area contributed by atoms with E-state index in [0.717, 1.165) is 23.1 Å². The average molecular weight is 241 g/mol. The number of ketones is 1. The predicted octanol–water partition coefficient (Wildman–Crippen LogP) is 3.57. The number of nitrogens with zero attached hydrogens (tertiary/aromatic N) is 1. The number of carbonyl (C=O) groups is 1. The van der Waals surface area contributed by atoms with E-state index in [0.29, 0.717) is 6.42 Å². The number of allylic oxidation sites excluding steroid dienone is 5. The molecule has 0 radical (unpaired) electrons. The summed E-state index contributed by atoms with van der Waals surface area (Å²) in [4.78, 5) is 11.9. The summed E-state index contributed by atoms with van der Waals surface area (Å²) in [6.07, 6.45) is 5.30. The second kappa shape index (κ2) is 4.24. The maximum atomic E-state index is 11.9. The van der Waals surface area contributed by atoms with Crippen LogP contribution in [-0.4, -0.2) is 5.78 Å². The Morgan fingerprint density at radius 3 is 2.83 bits per heavy atom. The van der Waals surface area contributed by atoms with Gasteiger partial charge in [0.25, 0.3) is 0 Å². The average Bonchev–Trinajstić information content (AvgIpc) is 2.31. The van der Waals surface area contributed by atoms with Crippen LogP contribution in [0.5, 0.6) is 0 Å². The summed E-state index contributed by atoms with van der Waals surface area (Å²) < 4.78 is 0. The number of hydrogen-bond acceptors (Lipinski definition) is 2. The normalized spacial score (nSPS) is 35.1. The van der Waals surface area contributed by atoms with Gasteiger partial charge in [-0.2, -0.15) is 5.26 Å². The molecule has 0 N–H and O–H groups in total. The third-order valence-corrected chi connectivity index (χ3v) is 4.35. The fraction of sp³-hybridized carbons (Fsp3) is 0.500. The van der Waals surface area contributed by atoms with Gasteiger partial charge in [-0.15, -0.1) is 0 Å². The monoisotopic (exact) mass is 241 g/mol. The van der Waals surface area contributed by atoms with Crippen LogP contribution in [0.2, 0.25) is 0 Å². The molecule has 3 atom stereocenters. The van der Waals surface area contributed by atoms with Crippen molar-refractivity contribution in [1.29, 1.82) is 5.26 Å². The fourth-order valence-electron chi connectivity index (χ4n) is 3.31. The quantitative estimate of drug-likeness (QED) is 0.658. The number of nitriles is 1. The highest BCUT2D eigenvalue weighted by atomic mass is 16.1. The molecular weight excluding hydrogens is 222 g/mol. The first-order valence-electron chi connectivity index (χ1n) is 6.42. The fourth-order valence-corrected chi connectivity index (χ4v) is 3.31. The van der Waals surface area contributed by atoms with Crippen LogP contribution in [0.3, 0.4) is 0 Å². The molecule has 0 aliphatic heterocycles. The van der Waals surface area contributed by atoms with Crippen molar-refractivity contribution >= 4 is 5.78 Å². The van der Waals surface area contributed by atoms with Gasteiger partial charge in [0.2, 0.25) is 0 Å². The van der Waals surface area contributed by atoms with E-state index in [2.05, 4.69) is 18.7 Å². The van der Waals surface area contributed by atoms with Gasteiger partial charge in [0.1, 0.15) is 0 Å². The van der Waals surface area contributed by atoms with E-state index in [1.807, 2.05) is 20.8 Å². The lowest BCUT2D eigenvalue weighted by Crippen LogP contribution is -2.40. The molecule has 0 aromatic carbocycles. The van der Waals surface area contributed by atoms with E-state index in [9.17, 15) is 10.1 Å². The summed E-state index contributed by atoms with van der Waals surface area (Å²) in [5, 5.41) is 9.75. The van der Waals surface area contributed by atoms with Crippen molar-refractivity contribution in [2.75, 3.05) is 0 Å². The molecule has 2 nitrogen and oxygen atoms in total. The van der Waals surface area contributed by atoms with Crippen molar-refractivity contribution in [3.63, 3.8) is 0 Å². The lowest BCUT2D eigenvalue weighted by Gasteiger charge is -2.44. The van der Waals surface area contributed by atoms with Crippen molar-refractivity contribution < 1.29 is 4.79 Å². The van der Waals surface area contributed by atoms with Crippen molar-refractivity contribution in [2.45, 2.75) is 33.6 Å². The third kappa shape index (κ3) is 1.66. The molecule has 2 rings (SSSR count). The van der Waals surface area contributed by atoms with E-state index >= 15 is 0 Å². The van der Waals surface area contributed by atoms with Crippen LogP contribution in [0.4, 0.5) is 0 Å². The minimum absolute atomic E-state index is 0.0684. The molecule has 2 aliphatic rings. The molecule has 3 unspecified atom stereocenters. The number of carbonyl (C=O) groups excluding carboxylic acids is 1. The molecule has 0 heterocycles. The minimum Gasteiger partial charge on any atom is -0.295 e. The largest absolute Gasteiger partial charge is 0.295 e. The molecular formula is C16H19NO. The highest BCUT2D eigenvalue weighted by Gasteiger charge is 2.49. The van der Waals surface area contributed by atoms with Crippen molar-refractivity contribution in [3.8, 4) is 6.07 Å². The maximum Gasteiger partial charge on any atom is 0.158 e. The van der Waals surface area contributed by atoms with Gasteiger partial charge in [-0.05, 0) is 38.3 Å². The van der Waals surface area contributed by atoms with E-state index in [-0.39, 0.29) is 17.6 Å². The second-order valence-electron chi connectivity index (χ2n) is 5.67. The van der Waals surface area contributed by atoms with Crippen molar-refractivity contribution in [3.05, 3.63) is 35.5 Å². The summed E-state index contributed by atoms with van der Waals surface area (Å²) in [6.45, 7) is 9.93. The Hall–Kier alpha value is -1.62. The molecule has 18 heavy (non-hydrogen) atoms. The van der Waals surface area contributed by atoms with Gasteiger partial charge >= 0.3 is 0 Å². The SMILES string of the molecule is C=C(C)C1CC=C(C)C2=CC(=O)C(C)CC21C#N. The molecule has 0 amide bonds. The summed E-state index contributed by atoms with van der Waals surface area (Å²) >= 11 is 0. The lowest BCUT2D eigenvalue weighted by atomic mass is 9.56. The first-order chi connectivity index (χ1) is 8.42. The number of hydrogen-bond donors (Lipinski definition) is 0. The predicted molar refractivity (Wildman–Crippen MR) is 71.6 cm³/mol. The lowest BCUT2D eigenvalue weighted by molar-refractivity contribution is -0.119. The summed E-state index contributed by atoms with van der Waals surface area (Å²) in [5.41, 5.74) is 2.49. The zero-order valence-corrected chi connectivity index (χ0v) is 11.3. The van der Waals surface area contributed by atoms with Crippen LogP contribution in [0.1, 0.15) is 33.6 Å². The molecule has 2 aliphatic carbocycles. The molecule has 0 saturated heterocycles. The van der Waals surface area contributed by atoms with Crippen LogP contribution >= 0.6 is 0 Å². The zero-order valence-electron chi connectivity index (χ0n) is 11.3. The third-order valence-electron chi connectivity index (χ3n) is 4.35. The Morgan fingerprint density at radius 2 is 2.28 bits per heavy atom. The van der Waals surface area contributed by atoms with Gasteiger partial charge in [0.15, 0.2) is 5.78 Å². The topological polar surface area (TPSA) is 40.9 Å². The second-order valence-corrected chi connectivity index (χ2v) is 5.67. The Kier molecular flexibility index (Phi) is 3.02. The molecule has 0 fully saturated rings. The standard InChI is InChI=1S/C16H19NO/c1-10(2)13-6-5-11(3)14-7-15(18)12(4)8-16(13,14)9-17/h5,7,12-13H,1,6,8H2,2-4H3. The van der Waals surface area contributed by atoms with Crippen LogP contribution in [0.15, 0.2) is 35.5 Å². The first kappa shape index (κ1) is 12.8. The Labute approximate surface area is 109 Å². The molecule has 0 aromatic heterocycles. The number of rotatable bonds is 1. The molecule has 0 bridgehead atoms. The zero-order chi connectivity index (χ0) is 13.5. The number of fused-ring (bicyclic) bond motifs is 1. The Bertz CT molecular complexity index is 518. The molecule has 94 valence electrons. The van der Waals surface area contributed by atoms with Crippen LogP contribution in [0.25, 0.3) is 0 Å². The van der Waals surface area contributed by atoms with Gasteiger partial charge in [-0.3, -0.25) is 4.79 Å². The highest BCUT2D eigenvalue weighted by Crippen LogP contribution is 2.53. The van der Waals surface area contributed by atoms with Crippen LogP contribution < -0.4 is 0 Å². The van der Waals surface area contributed by atoms with E-state index < -0.39 is 5.41 Å². The molecule has 0 spiro atoms. The first-order valence-corrected chi connectivity index (χ1v) is 6.42. The van der Waals surface area contributed by atoms with E-state index in [1.54, 1.807) is 6.08 Å². The van der Waals surface area contributed by atoms with Crippen molar-refractivity contribution in [2.24, 2.45) is 17.3 Å². The Morgan fingerprint density at radius 1 is 1.61 bits per heavy atom. The summed E-state index contributed by atoms with van der Waals surface area (Å²) in [6, 6.07) is 2.51. The van der Waals surface area contributed by atoms with Gasteiger partial charge in [0, 0.05) is 11.8 Å². The smallest absolute Gasteiger partial charge is 0.158 e. The van der Waals surface area contributed by atoms with Gasteiger partial charge in [-0.1, -0.05) is 30.7 Å². The summed E-state index contributed by atoms with van der Waals surface area (Å²) in [5.74, 6) is 0.208. The summed E-state index contributed by atoms with van der Waals surface area (Å²) in [7, 11) is 0. The maximum absolute atomic E-state index is 11.9. The minimum atomic E-state index is -0.544. The van der Waals surface area contributed by atoms with Crippen LogP contribution in [0, 0.1) is 28.6 Å². The molecule has 2 heteroatoms. The molecule has 0 aromatic rings. The molecule has 0 saturated carbocycles. The van der Waals surface area contributed by atoms with Gasteiger partial charge in [0.05, 0.1) is 11.5 Å². The van der Waals surface area contributed by atoms with E-state index in [4.69, 9.17) is 0 Å². The van der Waals surface area contributed by atoms with E-state index in [1.165, 1.54) is 0 Å². The van der Waals surface area contributed by atoms with Gasteiger partial charge in [-0.25, -0.2) is 0 Å². The van der Waals surface area contributed by atoms with Crippen LogP contribution in [-0.2, 0) is 4.79 Å². The highest BCUT2D eigenvalue weighted by molar-refractivity contribution is 5.94. The Balaban J connectivity index is 2.64. The van der Waals surface area contributed by atoms with Crippen molar-refractivity contribution in [1.82, 2.24) is 0 Å².